The van der Waals surface area contributed by atoms with Crippen molar-refractivity contribution >= 4 is 10.9 Å². The van der Waals surface area contributed by atoms with Gasteiger partial charge in [0.2, 0.25) is 5.95 Å². The lowest BCUT2D eigenvalue weighted by Crippen LogP contribution is -2.19. The van der Waals surface area contributed by atoms with Crippen molar-refractivity contribution < 1.29 is 9.13 Å². The number of terminal acetylenes is 1. The Morgan fingerprint density at radius 3 is 3.06 bits per heavy atom. The van der Waals surface area contributed by atoms with Crippen molar-refractivity contribution in [2.75, 3.05) is 6.61 Å². The molecule has 0 saturated carbocycles. The lowest BCUT2D eigenvalue weighted by Gasteiger charge is -2.23. The molecule has 1 aromatic heterocycles. The molecule has 0 N–H and O–H groups in total. The Bertz CT molecular complexity index is 620. The van der Waals surface area contributed by atoms with Gasteiger partial charge in [-0.25, -0.2) is 4.68 Å². The van der Waals surface area contributed by atoms with Crippen molar-refractivity contribution in [2.24, 2.45) is 0 Å². The summed E-state index contributed by atoms with van der Waals surface area (Å²) in [7, 11) is 0. The summed E-state index contributed by atoms with van der Waals surface area (Å²) in [5, 5.41) is 4.40. The van der Waals surface area contributed by atoms with Crippen LogP contribution in [0.1, 0.15) is 31.1 Å². The zero-order valence-corrected chi connectivity index (χ0v) is 9.90. The highest BCUT2D eigenvalue weighted by Gasteiger charge is 2.20. The largest absolute Gasteiger partial charge is 0.356 e. The van der Waals surface area contributed by atoms with Gasteiger partial charge in [0, 0.05) is 12.2 Å². The summed E-state index contributed by atoms with van der Waals surface area (Å²) in [4.78, 5) is 0. The van der Waals surface area contributed by atoms with Crippen molar-refractivity contribution in [2.45, 2.75) is 25.5 Å². The third-order valence-electron chi connectivity index (χ3n) is 3.26. The summed E-state index contributed by atoms with van der Waals surface area (Å²) in [5.41, 5.74) is 1.39. The summed E-state index contributed by atoms with van der Waals surface area (Å²) in [6.45, 7) is 0.704. The van der Waals surface area contributed by atoms with E-state index in [1.807, 2.05) is 0 Å². The molecular weight excluding hydrogens is 231 g/mol. The van der Waals surface area contributed by atoms with Crippen LogP contribution in [0.15, 0.2) is 18.2 Å². The Labute approximate surface area is 105 Å². The third-order valence-corrected chi connectivity index (χ3v) is 3.26. The van der Waals surface area contributed by atoms with Crippen molar-refractivity contribution in [3.8, 4) is 12.3 Å². The van der Waals surface area contributed by atoms with Gasteiger partial charge >= 0.3 is 0 Å². The van der Waals surface area contributed by atoms with Gasteiger partial charge in [-0.2, -0.15) is 4.39 Å². The van der Waals surface area contributed by atoms with Crippen LogP contribution in [0.25, 0.3) is 10.9 Å². The zero-order chi connectivity index (χ0) is 12.5. The van der Waals surface area contributed by atoms with Gasteiger partial charge in [0.1, 0.15) is 0 Å². The monoisotopic (exact) mass is 244 g/mol. The molecule has 0 bridgehead atoms. The predicted molar refractivity (Wildman–Crippen MR) is 66.5 cm³/mol. The van der Waals surface area contributed by atoms with E-state index in [0.29, 0.717) is 17.6 Å². The Kier molecular flexibility index (Phi) is 2.77. The fourth-order valence-electron chi connectivity index (χ4n) is 2.33. The van der Waals surface area contributed by atoms with Crippen LogP contribution in [0.5, 0.6) is 0 Å². The number of nitrogens with zero attached hydrogens (tertiary/aromatic N) is 2. The molecule has 0 spiro atoms. The molecule has 1 aliphatic rings. The molecule has 3 rings (SSSR count). The maximum absolute atomic E-state index is 13.8. The molecule has 1 unspecified atom stereocenters. The normalized spacial score (nSPS) is 19.9. The summed E-state index contributed by atoms with van der Waals surface area (Å²) >= 11 is 0. The minimum Gasteiger partial charge on any atom is -0.356 e. The Hall–Kier alpha value is -1.86. The first kappa shape index (κ1) is 11.2. The van der Waals surface area contributed by atoms with Crippen molar-refractivity contribution in [1.29, 1.82) is 0 Å². The van der Waals surface area contributed by atoms with Crippen LogP contribution < -0.4 is 0 Å². The van der Waals surface area contributed by atoms with Gasteiger partial charge in [-0.05, 0) is 37.5 Å². The van der Waals surface area contributed by atoms with Gasteiger partial charge in [0.25, 0.3) is 0 Å². The van der Waals surface area contributed by atoms with E-state index in [2.05, 4.69) is 11.0 Å². The standard InChI is InChI=1S/C14H13FN2O/c1-2-10-6-7-12-11(9-10)14(15)16-17(12)13-5-3-4-8-18-13/h1,6-7,9,13H,3-5,8H2. The molecule has 1 fully saturated rings. The van der Waals surface area contributed by atoms with Gasteiger partial charge in [0.05, 0.1) is 10.9 Å². The number of halogens is 1. The Morgan fingerprint density at radius 1 is 1.44 bits per heavy atom. The SMILES string of the molecule is C#Cc1ccc2c(c1)c(F)nn2C1CCCCO1. The molecule has 2 aromatic rings. The van der Waals surface area contributed by atoms with Crippen LogP contribution in [-0.2, 0) is 4.74 Å². The van der Waals surface area contributed by atoms with E-state index in [4.69, 9.17) is 11.2 Å². The van der Waals surface area contributed by atoms with Crippen LogP contribution >= 0.6 is 0 Å². The molecule has 0 amide bonds. The van der Waals surface area contributed by atoms with Crippen LogP contribution in [0.4, 0.5) is 4.39 Å². The molecule has 92 valence electrons. The number of fused-ring (bicyclic) bond motifs is 1. The second kappa shape index (κ2) is 4.43. The minimum absolute atomic E-state index is 0.164. The number of ether oxygens (including phenoxy) is 1. The molecule has 1 aromatic carbocycles. The Balaban J connectivity index is 2.10. The maximum Gasteiger partial charge on any atom is 0.240 e. The zero-order valence-electron chi connectivity index (χ0n) is 9.90. The minimum atomic E-state index is -0.490. The number of aromatic nitrogens is 2. The van der Waals surface area contributed by atoms with Crippen LogP contribution in [0.3, 0.4) is 0 Å². The topological polar surface area (TPSA) is 27.1 Å². The molecule has 1 aliphatic heterocycles. The molecule has 1 atom stereocenters. The lowest BCUT2D eigenvalue weighted by molar-refractivity contribution is -0.0375. The van der Waals surface area contributed by atoms with Gasteiger partial charge in [-0.3, -0.25) is 0 Å². The van der Waals surface area contributed by atoms with E-state index in [1.54, 1.807) is 22.9 Å². The van der Waals surface area contributed by atoms with Crippen LogP contribution in [0.2, 0.25) is 0 Å². The van der Waals surface area contributed by atoms with Gasteiger partial charge in [-0.1, -0.05) is 5.92 Å². The van der Waals surface area contributed by atoms with E-state index in [0.717, 1.165) is 24.8 Å². The third kappa shape index (κ3) is 1.77. The Morgan fingerprint density at radius 2 is 2.33 bits per heavy atom. The molecule has 18 heavy (non-hydrogen) atoms. The number of benzene rings is 1. The van der Waals surface area contributed by atoms with E-state index < -0.39 is 5.95 Å². The van der Waals surface area contributed by atoms with Gasteiger partial charge in [0.15, 0.2) is 6.23 Å². The molecule has 0 aliphatic carbocycles. The van der Waals surface area contributed by atoms with Crippen LogP contribution in [-0.4, -0.2) is 16.4 Å². The first-order valence-electron chi connectivity index (χ1n) is 6.05. The molecule has 4 heteroatoms. The van der Waals surface area contributed by atoms with Crippen molar-refractivity contribution in [3.05, 3.63) is 29.7 Å². The number of hydrogen-bond acceptors (Lipinski definition) is 2. The van der Waals surface area contributed by atoms with E-state index in [9.17, 15) is 4.39 Å². The predicted octanol–water partition coefficient (Wildman–Crippen LogP) is 2.86. The highest BCUT2D eigenvalue weighted by molar-refractivity contribution is 5.81. The summed E-state index contributed by atoms with van der Waals surface area (Å²) < 4.78 is 21.1. The highest BCUT2D eigenvalue weighted by Crippen LogP contribution is 2.27. The summed E-state index contributed by atoms with van der Waals surface area (Å²) in [6, 6.07) is 5.25. The molecular formula is C14H13FN2O. The van der Waals surface area contributed by atoms with E-state index >= 15 is 0 Å². The maximum atomic E-state index is 13.8. The summed E-state index contributed by atoms with van der Waals surface area (Å²) in [6.07, 6.45) is 8.15. The lowest BCUT2D eigenvalue weighted by atomic mass is 10.1. The number of rotatable bonds is 1. The van der Waals surface area contributed by atoms with Crippen LogP contribution in [0, 0.1) is 18.3 Å². The van der Waals surface area contributed by atoms with E-state index in [-0.39, 0.29) is 6.23 Å². The molecule has 1 saturated heterocycles. The van der Waals surface area contributed by atoms with Crippen molar-refractivity contribution in [1.82, 2.24) is 9.78 Å². The quantitative estimate of drug-likeness (QED) is 0.721. The van der Waals surface area contributed by atoms with Gasteiger partial charge < -0.3 is 4.74 Å². The average molecular weight is 244 g/mol. The fraction of sp³-hybridized carbons (Fsp3) is 0.357. The second-order valence-corrected chi connectivity index (χ2v) is 4.43. The first-order chi connectivity index (χ1) is 8.79. The molecule has 2 heterocycles. The molecule has 0 radical (unpaired) electrons. The fourth-order valence-corrected chi connectivity index (χ4v) is 2.33. The van der Waals surface area contributed by atoms with Gasteiger partial charge in [-0.15, -0.1) is 11.5 Å². The second-order valence-electron chi connectivity index (χ2n) is 4.43. The average Bonchev–Trinajstić information content (AvgIpc) is 2.77. The first-order valence-corrected chi connectivity index (χ1v) is 6.05. The molecule has 3 nitrogen and oxygen atoms in total. The highest BCUT2D eigenvalue weighted by atomic mass is 19.1. The van der Waals surface area contributed by atoms with E-state index in [1.165, 1.54) is 0 Å². The number of hydrogen-bond donors (Lipinski definition) is 0. The smallest absolute Gasteiger partial charge is 0.240 e. The van der Waals surface area contributed by atoms with Crippen molar-refractivity contribution in [3.63, 3.8) is 0 Å². The summed E-state index contributed by atoms with van der Waals surface area (Å²) in [5.74, 6) is 2.01.